The summed E-state index contributed by atoms with van der Waals surface area (Å²) in [7, 11) is 1.65. The van der Waals surface area contributed by atoms with E-state index in [9.17, 15) is 26.3 Å². The predicted molar refractivity (Wildman–Crippen MR) is 240 cm³/mol. The Morgan fingerprint density at radius 1 is 0.524 bits per heavy atom. The minimum atomic E-state index is -3.53. The molecule has 18 heteroatoms. The van der Waals surface area contributed by atoms with Crippen LogP contribution in [0.15, 0.2) is 64.9 Å². The van der Waals surface area contributed by atoms with Gasteiger partial charge in [0.1, 0.15) is 37.1 Å². The SMILES string of the molecule is [2H]C([2H])([2H])N1C([2H])([2H])CC=C(C2=NCN=C2OC(F)(F)CCCCC)C1([2H])[2H].[2H]C([2H])([2H])N1CCC=C(C2=NCN=C2OC(F)(F)CCCCC)C1([2H])[2H].[2H]C1([2H])C(C2=NCN=C2OC(F)(F)CCCCC)=CCCN1C. The first-order valence-corrected chi connectivity index (χ1v) is 21.4. The summed E-state index contributed by atoms with van der Waals surface area (Å²) in [5.74, 6) is -1.25. The summed E-state index contributed by atoms with van der Waals surface area (Å²) in [5.41, 5.74) is -0.535. The van der Waals surface area contributed by atoms with Crippen LogP contribution in [0.1, 0.15) is 136 Å². The van der Waals surface area contributed by atoms with E-state index in [0.717, 1.165) is 25.3 Å². The number of ether oxygens (including phenoxy) is 3. The number of unbranched alkanes of at least 4 members (excludes halogenated alkanes) is 6. The predicted octanol–water partition coefficient (Wildman–Crippen LogP) is 9.75. The highest BCUT2D eigenvalue weighted by molar-refractivity contribution is 6.47. The molecule has 0 saturated carbocycles. The standard InChI is InChI=1S/3C15H23F2N3O/c3*1-3-4-5-8-15(16,17)21-14-13(18-11-19-14)12-7-6-9-20(2)10-12/h3*7H,3-6,8-11H2,1-2H3/i2D3,9D2,10D2;2D3,10D2;10D2. The molecule has 0 spiro atoms. The number of nitrogens with zero attached hydrogens (tertiary/aromatic N) is 9. The molecule has 63 heavy (non-hydrogen) atoms. The lowest BCUT2D eigenvalue weighted by Crippen LogP contribution is -2.34. The van der Waals surface area contributed by atoms with E-state index in [1.807, 2.05) is 20.8 Å². The van der Waals surface area contributed by atoms with E-state index in [2.05, 4.69) is 30.0 Å². The van der Waals surface area contributed by atoms with E-state index in [4.69, 9.17) is 33.4 Å². The van der Waals surface area contributed by atoms with Crippen molar-refractivity contribution < 1.29 is 59.7 Å². The normalized spacial score (nSPS) is 27.0. The second-order valence-electron chi connectivity index (χ2n) is 15.0. The molecule has 0 radical (unpaired) electrons. The Kier molecular flexibility index (Phi) is 14.0. The monoisotopic (exact) mass is 912 g/mol. The molecule has 0 aromatic heterocycles. The van der Waals surface area contributed by atoms with Gasteiger partial charge in [0.05, 0.1) is 19.3 Å². The van der Waals surface area contributed by atoms with Gasteiger partial charge in [0.15, 0.2) is 0 Å². The minimum Gasteiger partial charge on any atom is -0.413 e. The Morgan fingerprint density at radius 3 is 1.25 bits per heavy atom. The third-order valence-corrected chi connectivity index (χ3v) is 9.52. The first-order chi connectivity index (χ1) is 35.5. The van der Waals surface area contributed by atoms with E-state index >= 15 is 0 Å². The molecule has 0 fully saturated rings. The second-order valence-corrected chi connectivity index (χ2v) is 15.0. The fourth-order valence-electron chi connectivity index (χ4n) is 6.29. The molecule has 6 heterocycles. The van der Waals surface area contributed by atoms with Crippen molar-refractivity contribution in [1.29, 1.82) is 0 Å². The number of likely N-dealkylation sites (N-methyl/N-ethyl adjacent to an activating group) is 3. The molecule has 0 N–H and O–H groups in total. The topological polar surface area (TPSA) is 112 Å². The number of halogens is 6. The molecular formula is C45H69F6N9O3. The van der Waals surface area contributed by atoms with E-state index < -0.39 is 89.3 Å². The fourth-order valence-corrected chi connectivity index (χ4v) is 6.29. The van der Waals surface area contributed by atoms with Crippen LogP contribution in [-0.4, -0.2) is 148 Å². The largest absolute Gasteiger partial charge is 0.413 e. The zero-order valence-corrected chi connectivity index (χ0v) is 36.4. The van der Waals surface area contributed by atoms with Crippen molar-refractivity contribution in [3.8, 4) is 0 Å². The zero-order chi connectivity index (χ0) is 58.1. The third-order valence-electron chi connectivity index (χ3n) is 9.52. The van der Waals surface area contributed by atoms with Crippen molar-refractivity contribution in [2.45, 2.75) is 135 Å². The Hall–Kier alpha value is -3.90. The summed E-state index contributed by atoms with van der Waals surface area (Å²) in [4.78, 5) is 25.7. The van der Waals surface area contributed by atoms with Gasteiger partial charge in [0, 0.05) is 58.3 Å². The highest BCUT2D eigenvalue weighted by Gasteiger charge is 2.38. The Bertz CT molecular complexity index is 2340. The van der Waals surface area contributed by atoms with Crippen LogP contribution < -0.4 is 0 Å². The number of aliphatic imine (C=N–C) groups is 6. The quantitative estimate of drug-likeness (QED) is 0.100. The van der Waals surface area contributed by atoms with E-state index in [-0.39, 0.29) is 90.5 Å². The van der Waals surface area contributed by atoms with Gasteiger partial charge < -0.3 is 28.9 Å². The van der Waals surface area contributed by atoms with Gasteiger partial charge >= 0.3 is 18.3 Å². The van der Waals surface area contributed by atoms with Crippen molar-refractivity contribution in [2.24, 2.45) is 30.0 Å². The van der Waals surface area contributed by atoms with Gasteiger partial charge in [-0.2, -0.15) is 26.3 Å². The summed E-state index contributed by atoms with van der Waals surface area (Å²) in [6.45, 7) is -9.43. The average molecular weight is 912 g/mol. The average Bonchev–Trinajstić information content (AvgIpc) is 4.05. The lowest BCUT2D eigenvalue weighted by molar-refractivity contribution is -0.190. The summed E-state index contributed by atoms with van der Waals surface area (Å²) in [5, 5.41) is 0. The fraction of sp³-hybridized carbons (Fsp3) is 0.733. The number of rotatable bonds is 18. The number of alkyl halides is 6. The smallest absolute Gasteiger partial charge is 0.399 e. The van der Waals surface area contributed by atoms with Gasteiger partial charge in [0.2, 0.25) is 17.7 Å². The minimum absolute atomic E-state index is 0.00710. The highest BCUT2D eigenvalue weighted by Crippen LogP contribution is 2.29. The maximum absolute atomic E-state index is 14.1. The summed E-state index contributed by atoms with van der Waals surface area (Å²) in [6, 6.07) is 0. The van der Waals surface area contributed by atoms with Crippen LogP contribution in [0.25, 0.3) is 0 Å². The van der Waals surface area contributed by atoms with Crippen molar-refractivity contribution in [3.63, 3.8) is 0 Å². The molecule has 0 atom stereocenters. The second kappa shape index (κ2) is 25.6. The molecule has 6 rings (SSSR count). The molecule has 0 aliphatic carbocycles. The molecule has 12 nitrogen and oxygen atoms in total. The molecular weight excluding hydrogens is 829 g/mol. The Morgan fingerprint density at radius 2 is 0.873 bits per heavy atom. The highest BCUT2D eigenvalue weighted by atomic mass is 19.3. The maximum atomic E-state index is 14.1. The first kappa shape index (κ1) is 34.4. The number of hydrogen-bond donors (Lipinski definition) is 0. The van der Waals surface area contributed by atoms with Crippen LogP contribution in [0.4, 0.5) is 26.3 Å². The Balaban J connectivity index is 0.000000251. The van der Waals surface area contributed by atoms with Crippen LogP contribution in [-0.2, 0) is 14.2 Å². The Labute approximate surface area is 389 Å². The van der Waals surface area contributed by atoms with Crippen molar-refractivity contribution >= 4 is 34.8 Å². The zero-order valence-electron chi connectivity index (χ0n) is 50.4. The molecule has 0 amide bonds. The molecule has 6 aliphatic heterocycles. The lowest BCUT2D eigenvalue weighted by Gasteiger charge is -2.24. The maximum Gasteiger partial charge on any atom is 0.399 e. The first-order valence-electron chi connectivity index (χ1n) is 28.4. The van der Waals surface area contributed by atoms with Crippen LogP contribution in [0.2, 0.25) is 0 Å². The molecule has 354 valence electrons. The van der Waals surface area contributed by atoms with Crippen LogP contribution in [0.3, 0.4) is 0 Å². The van der Waals surface area contributed by atoms with Gasteiger partial charge in [-0.25, -0.2) is 15.0 Å². The molecule has 0 saturated heterocycles. The van der Waals surface area contributed by atoms with Crippen LogP contribution >= 0.6 is 0 Å². The van der Waals surface area contributed by atoms with Gasteiger partial charge in [0.25, 0.3) is 0 Å². The van der Waals surface area contributed by atoms with Gasteiger partial charge in [-0.1, -0.05) is 77.5 Å². The molecule has 0 aromatic rings. The lowest BCUT2D eigenvalue weighted by atomic mass is 10.1. The summed E-state index contributed by atoms with van der Waals surface area (Å²) >= 11 is 0. The van der Waals surface area contributed by atoms with E-state index in [1.54, 1.807) is 13.1 Å². The van der Waals surface area contributed by atoms with Gasteiger partial charge in [-0.05, 0) is 76.2 Å². The van der Waals surface area contributed by atoms with Crippen LogP contribution in [0, 0.1) is 0 Å². The van der Waals surface area contributed by atoms with Crippen molar-refractivity contribution in [2.75, 3.05) is 80.1 Å². The third kappa shape index (κ3) is 17.9. The molecule has 0 bridgehead atoms. The summed E-state index contributed by atoms with van der Waals surface area (Å²) < 4.78 is 208. The van der Waals surface area contributed by atoms with E-state index in [0.29, 0.717) is 50.0 Å². The van der Waals surface area contributed by atoms with Crippen molar-refractivity contribution in [1.82, 2.24) is 14.7 Å². The van der Waals surface area contributed by atoms with Crippen molar-refractivity contribution in [3.05, 3.63) is 34.9 Å². The number of hydrogen-bond acceptors (Lipinski definition) is 12. The molecule has 0 unspecified atom stereocenters. The molecule has 6 aliphatic rings. The molecule has 0 aromatic carbocycles. The van der Waals surface area contributed by atoms with Crippen LogP contribution in [0.5, 0.6) is 0 Å². The van der Waals surface area contributed by atoms with Gasteiger partial charge in [-0.3, -0.25) is 15.0 Å². The van der Waals surface area contributed by atoms with E-state index in [1.165, 1.54) is 11.0 Å². The summed E-state index contributed by atoms with van der Waals surface area (Å²) in [6.07, 6.45) is -1.69. The van der Waals surface area contributed by atoms with Gasteiger partial charge in [-0.15, -0.1) is 0 Å².